The van der Waals surface area contributed by atoms with Crippen molar-refractivity contribution in [3.63, 3.8) is 0 Å². The van der Waals surface area contributed by atoms with Crippen molar-refractivity contribution in [1.82, 2.24) is 0 Å². The average Bonchev–Trinajstić information content (AvgIpc) is 2.95. The van der Waals surface area contributed by atoms with E-state index in [2.05, 4.69) is 6.92 Å². The van der Waals surface area contributed by atoms with Crippen molar-refractivity contribution >= 4 is 11.9 Å². The number of unbranched alkanes of at least 4 members (excludes halogenated alkanes) is 5. The first-order chi connectivity index (χ1) is 12.5. The number of carbonyl (C=O) groups is 2. The highest BCUT2D eigenvalue weighted by atomic mass is 16.6. The Balaban J connectivity index is 2.73. The van der Waals surface area contributed by atoms with E-state index < -0.39 is 49.2 Å². The van der Waals surface area contributed by atoms with Crippen LogP contribution in [-0.4, -0.2) is 70.5 Å². The summed E-state index contributed by atoms with van der Waals surface area (Å²) in [5.74, 6) is -2.96. The Morgan fingerprint density at radius 2 is 1.77 bits per heavy atom. The summed E-state index contributed by atoms with van der Waals surface area (Å²) < 4.78 is 15.1. The van der Waals surface area contributed by atoms with Crippen molar-refractivity contribution in [2.45, 2.75) is 63.8 Å². The molecule has 0 aliphatic carbocycles. The molecule has 0 fully saturated rings. The lowest BCUT2D eigenvalue weighted by molar-refractivity contribution is -0.157. The van der Waals surface area contributed by atoms with Crippen LogP contribution in [0.2, 0.25) is 0 Å². The van der Waals surface area contributed by atoms with Crippen molar-refractivity contribution in [3.8, 4) is 0 Å². The summed E-state index contributed by atoms with van der Waals surface area (Å²) in [7, 11) is 0. The molecule has 0 spiro atoms. The summed E-state index contributed by atoms with van der Waals surface area (Å²) in [6, 6.07) is 0. The number of carbonyl (C=O) groups excluding carboxylic acids is 2. The van der Waals surface area contributed by atoms with Gasteiger partial charge in [0.1, 0.15) is 6.10 Å². The first-order valence-corrected chi connectivity index (χ1v) is 8.83. The second kappa shape index (κ2) is 11.8. The van der Waals surface area contributed by atoms with Crippen LogP contribution in [0.15, 0.2) is 11.5 Å². The largest absolute Gasteiger partial charge is 0.484 e. The molecule has 0 radical (unpaired) electrons. The zero-order valence-corrected chi connectivity index (χ0v) is 14.9. The summed E-state index contributed by atoms with van der Waals surface area (Å²) in [6.45, 7) is 0.686. The predicted molar refractivity (Wildman–Crippen MR) is 88.5 cm³/mol. The van der Waals surface area contributed by atoms with Crippen LogP contribution in [0.25, 0.3) is 0 Å². The number of aliphatic hydroxyl groups excluding tert-OH is 4. The molecular formula is C17H28O9. The standard InChI is InChI=1S/C17H28O9/c1-2-3-4-5-6-7-8-24-15-14(26-16(22)12(21)10-19)13(11(20)9-18)25-17(15)23/h11-13,18-21H,2-10H2,1H3/t11-,12?,13+/m0/s1. The highest BCUT2D eigenvalue weighted by Crippen LogP contribution is 2.28. The normalized spacial score (nSPS) is 19.3. The molecule has 0 saturated heterocycles. The molecule has 1 aliphatic heterocycles. The van der Waals surface area contributed by atoms with Crippen molar-refractivity contribution in [3.05, 3.63) is 11.5 Å². The van der Waals surface area contributed by atoms with Crippen molar-refractivity contribution < 1.29 is 44.2 Å². The van der Waals surface area contributed by atoms with Gasteiger partial charge in [0, 0.05) is 0 Å². The number of rotatable bonds is 13. The number of hydrogen-bond acceptors (Lipinski definition) is 9. The molecule has 9 heteroatoms. The Morgan fingerprint density at radius 1 is 1.12 bits per heavy atom. The molecule has 1 rings (SSSR count). The van der Waals surface area contributed by atoms with Crippen molar-refractivity contribution in [2.75, 3.05) is 19.8 Å². The van der Waals surface area contributed by atoms with Gasteiger partial charge in [-0.2, -0.15) is 0 Å². The smallest absolute Gasteiger partial charge is 0.378 e. The maximum absolute atomic E-state index is 11.9. The maximum atomic E-state index is 11.9. The van der Waals surface area contributed by atoms with E-state index in [1.165, 1.54) is 0 Å². The first kappa shape index (κ1) is 22.4. The van der Waals surface area contributed by atoms with Gasteiger partial charge < -0.3 is 34.6 Å². The Labute approximate surface area is 152 Å². The number of hydrogen-bond donors (Lipinski definition) is 4. The number of esters is 2. The Hall–Kier alpha value is -1.68. The fraction of sp³-hybridized carbons (Fsp3) is 0.765. The molecule has 0 bridgehead atoms. The van der Waals surface area contributed by atoms with Gasteiger partial charge in [0.25, 0.3) is 0 Å². The van der Waals surface area contributed by atoms with Gasteiger partial charge in [-0.1, -0.05) is 39.0 Å². The van der Waals surface area contributed by atoms with E-state index in [-0.39, 0.29) is 12.4 Å². The van der Waals surface area contributed by atoms with Gasteiger partial charge in [-0.05, 0) is 6.42 Å². The van der Waals surface area contributed by atoms with Gasteiger partial charge in [-0.25, -0.2) is 9.59 Å². The molecule has 1 heterocycles. The molecule has 0 amide bonds. The predicted octanol–water partition coefficient (Wildman–Crippen LogP) is -0.250. The SMILES string of the molecule is CCCCCCCCOC1=C(OC(=O)C(O)CO)[C@@H]([C@@H](O)CO)OC1=O. The summed E-state index contributed by atoms with van der Waals surface area (Å²) in [4.78, 5) is 23.6. The van der Waals surface area contributed by atoms with Gasteiger partial charge in [0.05, 0.1) is 19.8 Å². The fourth-order valence-electron chi connectivity index (χ4n) is 2.34. The van der Waals surface area contributed by atoms with Crippen LogP contribution < -0.4 is 0 Å². The molecule has 150 valence electrons. The van der Waals surface area contributed by atoms with E-state index in [0.717, 1.165) is 32.1 Å². The highest BCUT2D eigenvalue weighted by Gasteiger charge is 2.43. The molecule has 0 aromatic rings. The second-order valence-corrected chi connectivity index (χ2v) is 6.00. The molecule has 0 aromatic heterocycles. The monoisotopic (exact) mass is 376 g/mol. The van der Waals surface area contributed by atoms with Gasteiger partial charge in [0.15, 0.2) is 12.2 Å². The molecular weight excluding hydrogens is 348 g/mol. The summed E-state index contributed by atoms with van der Waals surface area (Å²) in [5.41, 5.74) is 0. The Bertz CT molecular complexity index is 489. The van der Waals surface area contributed by atoms with Crippen LogP contribution in [0.3, 0.4) is 0 Å². The van der Waals surface area contributed by atoms with Crippen LogP contribution >= 0.6 is 0 Å². The highest BCUT2D eigenvalue weighted by molar-refractivity contribution is 5.90. The van der Waals surface area contributed by atoms with E-state index in [1.54, 1.807) is 0 Å². The molecule has 0 saturated carbocycles. The zero-order chi connectivity index (χ0) is 19.5. The minimum absolute atomic E-state index is 0.183. The van der Waals surface area contributed by atoms with Gasteiger partial charge in [0.2, 0.25) is 11.5 Å². The maximum Gasteiger partial charge on any atom is 0.378 e. The van der Waals surface area contributed by atoms with E-state index in [9.17, 15) is 19.8 Å². The Morgan fingerprint density at radius 3 is 2.38 bits per heavy atom. The minimum atomic E-state index is -1.81. The number of ether oxygens (including phenoxy) is 3. The number of aliphatic hydroxyl groups is 4. The number of cyclic esters (lactones) is 1. The topological polar surface area (TPSA) is 143 Å². The molecule has 1 aliphatic rings. The molecule has 3 atom stereocenters. The first-order valence-electron chi connectivity index (χ1n) is 8.83. The van der Waals surface area contributed by atoms with E-state index in [0.29, 0.717) is 6.42 Å². The molecule has 9 nitrogen and oxygen atoms in total. The molecule has 4 N–H and O–H groups in total. The van der Waals surface area contributed by atoms with Crippen molar-refractivity contribution in [1.29, 1.82) is 0 Å². The molecule has 0 aromatic carbocycles. The zero-order valence-electron chi connectivity index (χ0n) is 14.9. The fourth-order valence-corrected chi connectivity index (χ4v) is 2.34. The Kier molecular flexibility index (Phi) is 10.2. The van der Waals surface area contributed by atoms with Crippen LogP contribution in [0, 0.1) is 0 Å². The molecule has 26 heavy (non-hydrogen) atoms. The summed E-state index contributed by atoms with van der Waals surface area (Å²) in [6.07, 6.45) is 1.27. The van der Waals surface area contributed by atoms with Crippen molar-refractivity contribution in [2.24, 2.45) is 0 Å². The minimum Gasteiger partial charge on any atom is -0.484 e. The van der Waals surface area contributed by atoms with Crippen LogP contribution in [-0.2, 0) is 23.8 Å². The third-order valence-electron chi connectivity index (χ3n) is 3.84. The summed E-state index contributed by atoms with van der Waals surface area (Å²) in [5, 5.41) is 36.9. The van der Waals surface area contributed by atoms with Crippen LogP contribution in [0.5, 0.6) is 0 Å². The van der Waals surface area contributed by atoms with Crippen LogP contribution in [0.4, 0.5) is 0 Å². The lowest BCUT2D eigenvalue weighted by atomic mass is 10.1. The van der Waals surface area contributed by atoms with E-state index in [1.807, 2.05) is 0 Å². The van der Waals surface area contributed by atoms with Gasteiger partial charge in [-0.3, -0.25) is 0 Å². The average molecular weight is 376 g/mol. The van der Waals surface area contributed by atoms with E-state index in [4.69, 9.17) is 24.4 Å². The summed E-state index contributed by atoms with van der Waals surface area (Å²) >= 11 is 0. The van der Waals surface area contributed by atoms with E-state index >= 15 is 0 Å². The third-order valence-corrected chi connectivity index (χ3v) is 3.84. The quantitative estimate of drug-likeness (QED) is 0.253. The second-order valence-electron chi connectivity index (χ2n) is 6.00. The lowest BCUT2D eigenvalue weighted by Crippen LogP contribution is -2.35. The van der Waals surface area contributed by atoms with Gasteiger partial charge in [-0.15, -0.1) is 0 Å². The third kappa shape index (κ3) is 6.56. The lowest BCUT2D eigenvalue weighted by Gasteiger charge is -2.18. The van der Waals surface area contributed by atoms with Crippen LogP contribution in [0.1, 0.15) is 45.4 Å². The molecule has 1 unspecified atom stereocenters. The van der Waals surface area contributed by atoms with Gasteiger partial charge >= 0.3 is 11.9 Å².